The molecule has 1 aliphatic rings. The van der Waals surface area contributed by atoms with Gasteiger partial charge in [-0.15, -0.1) is 0 Å². The van der Waals surface area contributed by atoms with Crippen LogP contribution < -0.4 is 9.47 Å². The lowest BCUT2D eigenvalue weighted by Crippen LogP contribution is -2.00. The van der Waals surface area contributed by atoms with Crippen molar-refractivity contribution in [2.75, 3.05) is 7.11 Å². The predicted molar refractivity (Wildman–Crippen MR) is 42.3 cm³/mol. The molecule has 1 heterocycles. The molecule has 0 saturated heterocycles. The molecule has 0 amide bonds. The smallest absolute Gasteiger partial charge is 0.315 e. The van der Waals surface area contributed by atoms with Gasteiger partial charge in [0.25, 0.3) is 0 Å². The van der Waals surface area contributed by atoms with Crippen molar-refractivity contribution < 1.29 is 14.3 Å². The van der Waals surface area contributed by atoms with Crippen LogP contribution in [0.4, 0.5) is 0 Å². The molecule has 0 fully saturated rings. The summed E-state index contributed by atoms with van der Waals surface area (Å²) in [7, 11) is 1.60. The van der Waals surface area contributed by atoms with Crippen molar-refractivity contribution in [1.29, 1.82) is 0 Å². The van der Waals surface area contributed by atoms with Gasteiger partial charge in [-0.05, 0) is 18.2 Å². The average molecular weight is 164 g/mol. The molecule has 0 spiro atoms. The van der Waals surface area contributed by atoms with Crippen LogP contribution >= 0.6 is 0 Å². The van der Waals surface area contributed by atoms with Gasteiger partial charge in [0.1, 0.15) is 11.5 Å². The number of fused-ring (bicyclic) bond motifs is 1. The quantitative estimate of drug-likeness (QED) is 0.461. The van der Waals surface area contributed by atoms with Crippen molar-refractivity contribution >= 4 is 5.97 Å². The fourth-order valence-electron chi connectivity index (χ4n) is 1.23. The van der Waals surface area contributed by atoms with Gasteiger partial charge in [0.05, 0.1) is 13.5 Å². The molecule has 0 bridgehead atoms. The second-order valence-corrected chi connectivity index (χ2v) is 2.62. The van der Waals surface area contributed by atoms with E-state index in [1.165, 1.54) is 0 Å². The first-order valence-corrected chi connectivity index (χ1v) is 3.67. The lowest BCUT2D eigenvalue weighted by atomic mass is 10.1. The number of hydrogen-bond acceptors (Lipinski definition) is 3. The van der Waals surface area contributed by atoms with Crippen molar-refractivity contribution in [3.05, 3.63) is 23.8 Å². The van der Waals surface area contributed by atoms with Crippen molar-refractivity contribution in [1.82, 2.24) is 0 Å². The minimum absolute atomic E-state index is 0.196. The Balaban J connectivity index is 2.41. The first kappa shape index (κ1) is 7.16. The summed E-state index contributed by atoms with van der Waals surface area (Å²) in [5.74, 6) is 1.21. The number of hydrogen-bond donors (Lipinski definition) is 0. The maximum absolute atomic E-state index is 10.8. The van der Waals surface area contributed by atoms with Crippen LogP contribution in [0.2, 0.25) is 0 Å². The van der Waals surface area contributed by atoms with E-state index in [2.05, 4.69) is 0 Å². The Morgan fingerprint density at radius 3 is 3.08 bits per heavy atom. The zero-order valence-electron chi connectivity index (χ0n) is 6.66. The third kappa shape index (κ3) is 1.03. The summed E-state index contributed by atoms with van der Waals surface area (Å²) in [6.45, 7) is 0. The van der Waals surface area contributed by atoms with Crippen molar-refractivity contribution in [2.45, 2.75) is 6.42 Å². The third-order valence-electron chi connectivity index (χ3n) is 1.83. The van der Waals surface area contributed by atoms with Crippen LogP contribution in [0, 0.1) is 0 Å². The van der Waals surface area contributed by atoms with Crippen molar-refractivity contribution in [3.63, 3.8) is 0 Å². The highest BCUT2D eigenvalue weighted by Crippen LogP contribution is 2.29. The SMILES string of the molecule is COc1ccc2c(c1)CC(=O)O2. The normalized spacial score (nSPS) is 13.9. The molecular formula is C9H8O3. The van der Waals surface area contributed by atoms with E-state index in [-0.39, 0.29) is 5.97 Å². The third-order valence-corrected chi connectivity index (χ3v) is 1.83. The zero-order valence-corrected chi connectivity index (χ0v) is 6.66. The van der Waals surface area contributed by atoms with Crippen molar-refractivity contribution in [2.24, 2.45) is 0 Å². The van der Waals surface area contributed by atoms with Gasteiger partial charge in [-0.1, -0.05) is 0 Å². The molecule has 0 N–H and O–H groups in total. The van der Waals surface area contributed by atoms with E-state index in [0.717, 1.165) is 11.3 Å². The van der Waals surface area contributed by atoms with Gasteiger partial charge in [0.2, 0.25) is 0 Å². The van der Waals surface area contributed by atoms with Crippen LogP contribution in [-0.4, -0.2) is 13.1 Å². The second kappa shape index (κ2) is 2.52. The van der Waals surface area contributed by atoms with Crippen molar-refractivity contribution in [3.8, 4) is 11.5 Å². The lowest BCUT2D eigenvalue weighted by molar-refractivity contribution is -0.131. The van der Waals surface area contributed by atoms with E-state index in [9.17, 15) is 4.79 Å². The molecule has 12 heavy (non-hydrogen) atoms. The van der Waals surface area contributed by atoms with E-state index in [1.807, 2.05) is 6.07 Å². The minimum atomic E-state index is -0.196. The van der Waals surface area contributed by atoms with E-state index in [4.69, 9.17) is 9.47 Å². The fraction of sp³-hybridized carbons (Fsp3) is 0.222. The molecule has 3 heteroatoms. The van der Waals surface area contributed by atoms with Crippen LogP contribution in [0.1, 0.15) is 5.56 Å². The summed E-state index contributed by atoms with van der Waals surface area (Å²) in [4.78, 5) is 10.8. The van der Waals surface area contributed by atoms with Crippen LogP contribution in [0.3, 0.4) is 0 Å². The van der Waals surface area contributed by atoms with Gasteiger partial charge in [0.15, 0.2) is 0 Å². The Hall–Kier alpha value is -1.51. The Labute approximate surface area is 69.9 Å². The number of methoxy groups -OCH3 is 1. The van der Waals surface area contributed by atoms with E-state index >= 15 is 0 Å². The van der Waals surface area contributed by atoms with E-state index < -0.39 is 0 Å². The Morgan fingerprint density at radius 2 is 2.33 bits per heavy atom. The molecule has 2 rings (SSSR count). The molecule has 0 unspecified atom stereocenters. The largest absolute Gasteiger partial charge is 0.497 e. The van der Waals surface area contributed by atoms with Crippen LogP contribution in [-0.2, 0) is 11.2 Å². The second-order valence-electron chi connectivity index (χ2n) is 2.62. The monoisotopic (exact) mass is 164 g/mol. The summed E-state index contributed by atoms with van der Waals surface area (Å²) < 4.78 is 9.92. The molecule has 0 aliphatic carbocycles. The van der Waals surface area contributed by atoms with Gasteiger partial charge >= 0.3 is 5.97 Å². The van der Waals surface area contributed by atoms with Crippen LogP contribution in [0.5, 0.6) is 11.5 Å². The summed E-state index contributed by atoms with van der Waals surface area (Å²) in [5.41, 5.74) is 0.902. The number of esters is 1. The van der Waals surface area contributed by atoms with E-state index in [1.54, 1.807) is 19.2 Å². The number of ether oxygens (including phenoxy) is 2. The van der Waals surface area contributed by atoms with Gasteiger partial charge in [-0.25, -0.2) is 0 Å². The molecule has 0 atom stereocenters. The summed E-state index contributed by atoms with van der Waals surface area (Å²) >= 11 is 0. The average Bonchev–Trinajstić information content (AvgIpc) is 2.43. The highest BCUT2D eigenvalue weighted by molar-refractivity contribution is 5.81. The van der Waals surface area contributed by atoms with Gasteiger partial charge in [0, 0.05) is 5.56 Å². The number of carbonyl (C=O) groups excluding carboxylic acids is 1. The molecule has 0 saturated carbocycles. The minimum Gasteiger partial charge on any atom is -0.497 e. The molecule has 1 aliphatic heterocycles. The summed E-state index contributed by atoms with van der Waals surface area (Å²) in [5, 5.41) is 0. The molecular weight excluding hydrogens is 156 g/mol. The van der Waals surface area contributed by atoms with E-state index in [0.29, 0.717) is 12.2 Å². The molecule has 1 aromatic carbocycles. The maximum atomic E-state index is 10.8. The Kier molecular flexibility index (Phi) is 1.50. The first-order valence-electron chi connectivity index (χ1n) is 3.67. The molecule has 0 radical (unpaired) electrons. The molecule has 3 nitrogen and oxygen atoms in total. The molecule has 0 aromatic heterocycles. The molecule has 62 valence electrons. The van der Waals surface area contributed by atoms with Gasteiger partial charge < -0.3 is 9.47 Å². The summed E-state index contributed by atoms with van der Waals surface area (Å²) in [6.07, 6.45) is 0.354. The number of rotatable bonds is 1. The van der Waals surface area contributed by atoms with Gasteiger partial charge in [-0.3, -0.25) is 4.79 Å². The topological polar surface area (TPSA) is 35.5 Å². The maximum Gasteiger partial charge on any atom is 0.315 e. The first-order chi connectivity index (χ1) is 5.79. The Bertz CT molecular complexity index is 331. The highest BCUT2D eigenvalue weighted by Gasteiger charge is 2.20. The standard InChI is InChI=1S/C9H8O3/c1-11-7-2-3-8-6(4-7)5-9(10)12-8/h2-4H,5H2,1H3. The zero-order chi connectivity index (χ0) is 8.55. The summed E-state index contributed by atoms with van der Waals surface area (Å²) in [6, 6.07) is 5.34. The lowest BCUT2D eigenvalue weighted by Gasteiger charge is -2.00. The van der Waals surface area contributed by atoms with Crippen LogP contribution in [0.15, 0.2) is 18.2 Å². The predicted octanol–water partition coefficient (Wildman–Crippen LogP) is 1.16. The number of benzene rings is 1. The molecule has 1 aromatic rings. The van der Waals surface area contributed by atoms with Gasteiger partial charge in [-0.2, -0.15) is 0 Å². The highest BCUT2D eigenvalue weighted by atomic mass is 16.5. The number of carbonyl (C=O) groups is 1. The van der Waals surface area contributed by atoms with Crippen LogP contribution in [0.25, 0.3) is 0 Å². The Morgan fingerprint density at radius 1 is 1.50 bits per heavy atom. The fourth-order valence-corrected chi connectivity index (χ4v) is 1.23.